The Hall–Kier alpha value is -0.0500. The van der Waals surface area contributed by atoms with Gasteiger partial charge >= 0.3 is 0 Å². The molecular weight excluding hydrogens is 328 g/mol. The van der Waals surface area contributed by atoms with Crippen molar-refractivity contribution in [2.45, 2.75) is 37.5 Å². The molecule has 1 fully saturated rings. The largest absolute Gasteiger partial charge is 0.142 e. The lowest BCUT2D eigenvalue weighted by Gasteiger charge is -2.14. The van der Waals surface area contributed by atoms with Gasteiger partial charge in [-0.05, 0) is 50.7 Å². The highest BCUT2D eigenvalue weighted by atomic mass is 79.9. The van der Waals surface area contributed by atoms with Crippen molar-refractivity contribution in [3.05, 3.63) is 33.6 Å². The van der Waals surface area contributed by atoms with Crippen molar-refractivity contribution >= 4 is 49.0 Å². The molecule has 1 unspecified atom stereocenters. The highest BCUT2D eigenvalue weighted by Gasteiger charge is 2.21. The van der Waals surface area contributed by atoms with Crippen LogP contribution in [-0.2, 0) is 0 Å². The van der Waals surface area contributed by atoms with Crippen molar-refractivity contribution in [3.8, 4) is 0 Å². The van der Waals surface area contributed by atoms with Crippen LogP contribution in [0, 0.1) is 5.92 Å². The van der Waals surface area contributed by atoms with Gasteiger partial charge in [0.05, 0.1) is 5.38 Å². The predicted molar refractivity (Wildman–Crippen MR) is 84.7 cm³/mol. The first-order valence-corrected chi connectivity index (χ1v) is 8.66. The van der Waals surface area contributed by atoms with Crippen LogP contribution in [0.25, 0.3) is 10.1 Å². The fourth-order valence-corrected chi connectivity index (χ4v) is 5.13. The van der Waals surface area contributed by atoms with E-state index in [1.807, 2.05) is 0 Å². The van der Waals surface area contributed by atoms with Gasteiger partial charge in [-0.25, -0.2) is 0 Å². The maximum atomic E-state index is 6.65. The summed E-state index contributed by atoms with van der Waals surface area (Å²) in [5, 5.41) is 3.74. The summed E-state index contributed by atoms with van der Waals surface area (Å²) in [6.45, 7) is 0. The van der Waals surface area contributed by atoms with Crippen LogP contribution in [0.4, 0.5) is 0 Å². The van der Waals surface area contributed by atoms with Gasteiger partial charge in [0.25, 0.3) is 0 Å². The van der Waals surface area contributed by atoms with E-state index in [-0.39, 0.29) is 5.38 Å². The third kappa shape index (κ3) is 2.48. The molecule has 2 aromatic rings. The molecule has 18 heavy (non-hydrogen) atoms. The van der Waals surface area contributed by atoms with Crippen LogP contribution in [0.5, 0.6) is 0 Å². The van der Waals surface area contributed by atoms with E-state index in [9.17, 15) is 0 Å². The third-order valence-electron chi connectivity index (χ3n) is 3.93. The molecule has 1 aromatic heterocycles. The SMILES string of the molecule is ClC(CC1CCCC1)c1csc2c(Br)cccc12. The second-order valence-corrected chi connectivity index (χ2v) is 7.42. The topological polar surface area (TPSA) is 0 Å². The Bertz CT molecular complexity index is 542. The number of halogens is 2. The summed E-state index contributed by atoms with van der Waals surface area (Å²) in [5.74, 6) is 0.842. The summed E-state index contributed by atoms with van der Waals surface area (Å²) in [6.07, 6.45) is 6.66. The van der Waals surface area contributed by atoms with E-state index in [0.717, 1.165) is 12.3 Å². The molecule has 0 nitrogen and oxygen atoms in total. The molecule has 0 amide bonds. The van der Waals surface area contributed by atoms with Gasteiger partial charge in [0, 0.05) is 9.17 Å². The maximum absolute atomic E-state index is 6.65. The van der Waals surface area contributed by atoms with Crippen LogP contribution in [0.15, 0.2) is 28.1 Å². The first-order valence-electron chi connectivity index (χ1n) is 6.55. The van der Waals surface area contributed by atoms with Crippen molar-refractivity contribution in [2.75, 3.05) is 0 Å². The lowest BCUT2D eigenvalue weighted by Crippen LogP contribution is -1.99. The van der Waals surface area contributed by atoms with Crippen LogP contribution < -0.4 is 0 Å². The quantitative estimate of drug-likeness (QED) is 0.556. The van der Waals surface area contributed by atoms with Crippen molar-refractivity contribution < 1.29 is 0 Å². The van der Waals surface area contributed by atoms with Crippen LogP contribution in [0.3, 0.4) is 0 Å². The van der Waals surface area contributed by atoms with E-state index in [1.165, 1.54) is 45.8 Å². The Balaban J connectivity index is 1.86. The van der Waals surface area contributed by atoms with Crippen LogP contribution >= 0.6 is 38.9 Å². The van der Waals surface area contributed by atoms with Gasteiger partial charge in [0.2, 0.25) is 0 Å². The number of alkyl halides is 1. The zero-order valence-corrected chi connectivity index (χ0v) is 13.3. The van der Waals surface area contributed by atoms with E-state index in [0.29, 0.717) is 0 Å². The highest BCUT2D eigenvalue weighted by Crippen LogP contribution is 2.42. The van der Waals surface area contributed by atoms with Crippen molar-refractivity contribution in [1.82, 2.24) is 0 Å². The van der Waals surface area contributed by atoms with Crippen LogP contribution in [0.1, 0.15) is 43.0 Å². The smallest absolute Gasteiger partial charge is 0.0602 e. The highest BCUT2D eigenvalue weighted by molar-refractivity contribution is 9.10. The summed E-state index contributed by atoms with van der Waals surface area (Å²) < 4.78 is 2.51. The molecule has 3 rings (SSSR count). The molecule has 0 aliphatic heterocycles. The molecule has 96 valence electrons. The molecule has 0 spiro atoms. The Kier molecular flexibility index (Phi) is 3.97. The van der Waals surface area contributed by atoms with Crippen LogP contribution in [0.2, 0.25) is 0 Å². The molecule has 1 aliphatic carbocycles. The van der Waals surface area contributed by atoms with Gasteiger partial charge in [-0.3, -0.25) is 0 Å². The molecule has 1 atom stereocenters. The van der Waals surface area contributed by atoms with Gasteiger partial charge in [-0.1, -0.05) is 37.8 Å². The van der Waals surface area contributed by atoms with Gasteiger partial charge in [-0.15, -0.1) is 22.9 Å². The minimum Gasteiger partial charge on any atom is -0.142 e. The lowest BCUT2D eigenvalue weighted by molar-refractivity contribution is 0.497. The number of rotatable bonds is 3. The molecule has 1 aliphatic rings. The number of benzene rings is 1. The molecular formula is C15H16BrClS. The van der Waals surface area contributed by atoms with E-state index in [2.05, 4.69) is 39.5 Å². The summed E-state index contributed by atoms with van der Waals surface area (Å²) in [4.78, 5) is 0. The summed E-state index contributed by atoms with van der Waals surface area (Å²) in [6, 6.07) is 6.39. The standard InChI is InChI=1S/C15H16BrClS/c16-13-7-3-6-11-12(9-18-15(11)13)14(17)8-10-4-1-2-5-10/h3,6-7,9-10,14H,1-2,4-5,8H2. The van der Waals surface area contributed by atoms with E-state index < -0.39 is 0 Å². The maximum Gasteiger partial charge on any atom is 0.0602 e. The summed E-state index contributed by atoms with van der Waals surface area (Å²) in [7, 11) is 0. The molecule has 0 bridgehead atoms. The number of fused-ring (bicyclic) bond motifs is 1. The Morgan fingerprint density at radius 3 is 2.89 bits per heavy atom. The van der Waals surface area contributed by atoms with Crippen molar-refractivity contribution in [1.29, 1.82) is 0 Å². The minimum absolute atomic E-state index is 0.177. The van der Waals surface area contributed by atoms with Gasteiger partial charge < -0.3 is 0 Å². The zero-order chi connectivity index (χ0) is 12.5. The fraction of sp³-hybridized carbons (Fsp3) is 0.467. The monoisotopic (exact) mass is 342 g/mol. The average Bonchev–Trinajstić information content (AvgIpc) is 2.98. The fourth-order valence-electron chi connectivity index (χ4n) is 2.95. The first-order chi connectivity index (χ1) is 8.75. The van der Waals surface area contributed by atoms with Gasteiger partial charge in [0.1, 0.15) is 0 Å². The second kappa shape index (κ2) is 5.52. The van der Waals surface area contributed by atoms with Gasteiger partial charge in [-0.2, -0.15) is 0 Å². The molecule has 0 N–H and O–H groups in total. The Morgan fingerprint density at radius 1 is 1.33 bits per heavy atom. The second-order valence-electron chi connectivity index (χ2n) is 5.16. The molecule has 0 radical (unpaired) electrons. The normalized spacial score (nSPS) is 18.6. The van der Waals surface area contributed by atoms with E-state index >= 15 is 0 Å². The minimum atomic E-state index is 0.177. The molecule has 1 saturated carbocycles. The summed E-state index contributed by atoms with van der Waals surface area (Å²) in [5.41, 5.74) is 1.32. The van der Waals surface area contributed by atoms with E-state index in [1.54, 1.807) is 11.3 Å². The third-order valence-corrected chi connectivity index (χ3v) is 6.32. The number of hydrogen-bond acceptors (Lipinski definition) is 1. The molecule has 1 aromatic carbocycles. The number of hydrogen-bond donors (Lipinski definition) is 0. The predicted octanol–water partition coefficient (Wildman–Crippen LogP) is 6.52. The Labute approximate surface area is 125 Å². The lowest BCUT2D eigenvalue weighted by atomic mass is 9.97. The Morgan fingerprint density at radius 2 is 2.11 bits per heavy atom. The zero-order valence-electron chi connectivity index (χ0n) is 10.2. The van der Waals surface area contributed by atoms with Crippen molar-refractivity contribution in [2.24, 2.45) is 5.92 Å². The molecule has 3 heteroatoms. The first kappa shape index (κ1) is 13.0. The van der Waals surface area contributed by atoms with Crippen LogP contribution in [-0.4, -0.2) is 0 Å². The van der Waals surface area contributed by atoms with E-state index in [4.69, 9.17) is 11.6 Å². The molecule has 0 saturated heterocycles. The average molecular weight is 344 g/mol. The van der Waals surface area contributed by atoms with Crippen molar-refractivity contribution in [3.63, 3.8) is 0 Å². The van der Waals surface area contributed by atoms with Gasteiger partial charge in [0.15, 0.2) is 0 Å². The number of thiophene rings is 1. The summed E-state index contributed by atoms with van der Waals surface area (Å²) >= 11 is 12.1. The molecule has 1 heterocycles.